The molecule has 0 bridgehead atoms. The van der Waals surface area contributed by atoms with Crippen molar-refractivity contribution in [3.05, 3.63) is 50.7 Å². The monoisotopic (exact) mass is 324 g/mol. The summed E-state index contributed by atoms with van der Waals surface area (Å²) < 4.78 is 4.94. The average molecular weight is 324 g/mol. The lowest BCUT2D eigenvalue weighted by atomic mass is 10.1. The number of imidazole rings is 1. The topological polar surface area (TPSA) is 90.0 Å². The molecule has 0 fully saturated rings. The van der Waals surface area contributed by atoms with Gasteiger partial charge in [0, 0.05) is 19.2 Å². The van der Waals surface area contributed by atoms with Gasteiger partial charge in [-0.1, -0.05) is 29.8 Å². The third-order valence-corrected chi connectivity index (χ3v) is 4.26. The van der Waals surface area contributed by atoms with Gasteiger partial charge in [0.05, 0.1) is 0 Å². The number of benzene rings is 1. The maximum absolute atomic E-state index is 12.3. The summed E-state index contributed by atoms with van der Waals surface area (Å²) in [6.07, 6.45) is 0. The molecule has 0 spiro atoms. The van der Waals surface area contributed by atoms with Gasteiger partial charge < -0.3 is 4.57 Å². The SMILES string of the molecule is CCn1c2c(=O)[nH]c(=O)n(C)c2n2c(-c3ccc(C)cc3)nnc12. The first-order valence-electron chi connectivity index (χ1n) is 7.66. The summed E-state index contributed by atoms with van der Waals surface area (Å²) in [4.78, 5) is 26.7. The van der Waals surface area contributed by atoms with Crippen molar-refractivity contribution in [2.75, 3.05) is 0 Å². The molecule has 0 atom stereocenters. The number of hydrogen-bond donors (Lipinski definition) is 1. The zero-order valence-corrected chi connectivity index (χ0v) is 13.6. The van der Waals surface area contributed by atoms with Crippen molar-refractivity contribution in [3.8, 4) is 11.4 Å². The Balaban J connectivity index is 2.23. The molecular formula is C16H16N6O2. The van der Waals surface area contributed by atoms with E-state index in [1.54, 1.807) is 16.0 Å². The largest absolute Gasteiger partial charge is 0.329 e. The van der Waals surface area contributed by atoms with E-state index in [1.807, 2.05) is 38.1 Å². The average Bonchev–Trinajstić information content (AvgIpc) is 3.11. The number of H-pyrrole nitrogens is 1. The second kappa shape index (κ2) is 4.92. The summed E-state index contributed by atoms with van der Waals surface area (Å²) in [5, 5.41) is 8.52. The Labute approximate surface area is 136 Å². The van der Waals surface area contributed by atoms with E-state index in [0.29, 0.717) is 29.3 Å². The molecular weight excluding hydrogens is 308 g/mol. The van der Waals surface area contributed by atoms with Crippen molar-refractivity contribution in [2.45, 2.75) is 20.4 Å². The molecule has 3 aromatic heterocycles. The Hall–Kier alpha value is -3.16. The molecule has 3 heterocycles. The molecule has 24 heavy (non-hydrogen) atoms. The quantitative estimate of drug-likeness (QED) is 0.597. The summed E-state index contributed by atoms with van der Waals surface area (Å²) >= 11 is 0. The van der Waals surface area contributed by atoms with Crippen LogP contribution in [-0.4, -0.2) is 28.7 Å². The lowest BCUT2D eigenvalue weighted by Crippen LogP contribution is -2.29. The fraction of sp³-hybridized carbons (Fsp3) is 0.250. The number of rotatable bonds is 2. The number of aryl methyl sites for hydroxylation is 3. The normalized spacial score (nSPS) is 11.6. The Morgan fingerprint density at radius 2 is 1.83 bits per heavy atom. The minimum Gasteiger partial charge on any atom is -0.303 e. The Morgan fingerprint density at radius 3 is 2.50 bits per heavy atom. The predicted octanol–water partition coefficient (Wildman–Crippen LogP) is 1.07. The van der Waals surface area contributed by atoms with E-state index >= 15 is 0 Å². The fourth-order valence-corrected chi connectivity index (χ4v) is 3.03. The zero-order valence-electron chi connectivity index (χ0n) is 13.6. The van der Waals surface area contributed by atoms with Crippen LogP contribution in [0.3, 0.4) is 0 Å². The molecule has 8 heteroatoms. The highest BCUT2D eigenvalue weighted by atomic mass is 16.2. The molecule has 0 aliphatic heterocycles. The van der Waals surface area contributed by atoms with E-state index in [2.05, 4.69) is 15.2 Å². The molecule has 1 aromatic carbocycles. The third kappa shape index (κ3) is 1.79. The van der Waals surface area contributed by atoms with E-state index < -0.39 is 11.2 Å². The molecule has 0 unspecified atom stereocenters. The summed E-state index contributed by atoms with van der Waals surface area (Å²) in [6, 6.07) is 7.88. The summed E-state index contributed by atoms with van der Waals surface area (Å²) in [5.41, 5.74) is 2.02. The predicted molar refractivity (Wildman–Crippen MR) is 90.2 cm³/mol. The summed E-state index contributed by atoms with van der Waals surface area (Å²) in [5.74, 6) is 1.14. The Kier molecular flexibility index (Phi) is 2.96. The minimum absolute atomic E-state index is 0.415. The fourth-order valence-electron chi connectivity index (χ4n) is 3.03. The van der Waals surface area contributed by atoms with Gasteiger partial charge in [0.1, 0.15) is 0 Å². The van der Waals surface area contributed by atoms with Crippen LogP contribution >= 0.6 is 0 Å². The van der Waals surface area contributed by atoms with Crippen LogP contribution in [-0.2, 0) is 13.6 Å². The zero-order chi connectivity index (χ0) is 17.0. The summed E-state index contributed by atoms with van der Waals surface area (Å²) in [6.45, 7) is 4.47. The van der Waals surface area contributed by atoms with Gasteiger partial charge in [-0.2, -0.15) is 0 Å². The van der Waals surface area contributed by atoms with E-state index in [4.69, 9.17) is 0 Å². The molecule has 0 aliphatic rings. The van der Waals surface area contributed by atoms with Gasteiger partial charge in [-0.05, 0) is 13.8 Å². The molecule has 0 amide bonds. The lowest BCUT2D eigenvalue weighted by Gasteiger charge is -2.03. The van der Waals surface area contributed by atoms with Crippen molar-refractivity contribution >= 4 is 16.9 Å². The number of nitrogens with one attached hydrogen (secondary N) is 1. The van der Waals surface area contributed by atoms with Crippen LogP contribution < -0.4 is 11.2 Å². The van der Waals surface area contributed by atoms with Crippen LogP contribution in [0.25, 0.3) is 28.3 Å². The highest BCUT2D eigenvalue weighted by Gasteiger charge is 2.21. The first-order chi connectivity index (χ1) is 11.5. The van der Waals surface area contributed by atoms with Gasteiger partial charge in [-0.15, -0.1) is 10.2 Å². The van der Waals surface area contributed by atoms with Crippen LogP contribution in [0.2, 0.25) is 0 Å². The standard InChI is InChI=1S/C16H16N6O2/c1-4-21-11-13(23)17-16(24)20(3)14(11)22-12(18-19-15(21)22)10-7-5-9(2)6-8-10/h5-8H,4H2,1-3H3,(H,17,23,24). The first-order valence-corrected chi connectivity index (χ1v) is 7.66. The van der Waals surface area contributed by atoms with E-state index in [-0.39, 0.29) is 0 Å². The molecule has 4 rings (SSSR count). The van der Waals surface area contributed by atoms with Crippen LogP contribution in [0, 0.1) is 6.92 Å². The molecule has 8 nitrogen and oxygen atoms in total. The molecule has 0 radical (unpaired) electrons. The van der Waals surface area contributed by atoms with Gasteiger partial charge >= 0.3 is 5.69 Å². The second-order valence-corrected chi connectivity index (χ2v) is 5.76. The van der Waals surface area contributed by atoms with Crippen molar-refractivity contribution in [1.29, 1.82) is 0 Å². The highest BCUT2D eigenvalue weighted by molar-refractivity contribution is 5.79. The number of aromatic nitrogens is 6. The molecule has 0 saturated heterocycles. The number of nitrogens with zero attached hydrogens (tertiary/aromatic N) is 5. The van der Waals surface area contributed by atoms with Gasteiger partial charge in [0.25, 0.3) is 5.56 Å². The summed E-state index contributed by atoms with van der Waals surface area (Å²) in [7, 11) is 1.62. The highest BCUT2D eigenvalue weighted by Crippen LogP contribution is 2.24. The van der Waals surface area contributed by atoms with Gasteiger partial charge in [-0.25, -0.2) is 9.20 Å². The molecule has 122 valence electrons. The van der Waals surface area contributed by atoms with Gasteiger partial charge in [-0.3, -0.25) is 14.3 Å². The maximum atomic E-state index is 12.3. The minimum atomic E-state index is -0.466. The third-order valence-electron chi connectivity index (χ3n) is 4.26. The number of fused-ring (bicyclic) bond motifs is 3. The van der Waals surface area contributed by atoms with Crippen molar-refractivity contribution < 1.29 is 0 Å². The maximum Gasteiger partial charge on any atom is 0.329 e. The van der Waals surface area contributed by atoms with Crippen molar-refractivity contribution in [2.24, 2.45) is 7.05 Å². The van der Waals surface area contributed by atoms with Crippen LogP contribution in [0.1, 0.15) is 12.5 Å². The lowest BCUT2D eigenvalue weighted by molar-refractivity contribution is 0.788. The smallest absolute Gasteiger partial charge is 0.303 e. The van der Waals surface area contributed by atoms with Crippen molar-refractivity contribution in [1.82, 2.24) is 28.7 Å². The van der Waals surface area contributed by atoms with Crippen LogP contribution in [0.4, 0.5) is 0 Å². The number of aromatic amines is 1. The van der Waals surface area contributed by atoms with E-state index in [0.717, 1.165) is 11.1 Å². The van der Waals surface area contributed by atoms with E-state index in [1.165, 1.54) is 4.57 Å². The van der Waals surface area contributed by atoms with Crippen LogP contribution in [0.15, 0.2) is 33.9 Å². The first kappa shape index (κ1) is 14.4. The molecule has 0 saturated carbocycles. The Morgan fingerprint density at radius 1 is 1.12 bits per heavy atom. The molecule has 1 N–H and O–H groups in total. The van der Waals surface area contributed by atoms with Crippen molar-refractivity contribution in [3.63, 3.8) is 0 Å². The second-order valence-electron chi connectivity index (χ2n) is 5.76. The Bertz CT molecular complexity index is 1190. The van der Waals surface area contributed by atoms with Gasteiger partial charge in [0.2, 0.25) is 5.78 Å². The molecule has 0 aliphatic carbocycles. The molecule has 4 aromatic rings. The van der Waals surface area contributed by atoms with Crippen LogP contribution in [0.5, 0.6) is 0 Å². The van der Waals surface area contributed by atoms with E-state index in [9.17, 15) is 9.59 Å². The number of hydrogen-bond acceptors (Lipinski definition) is 4. The van der Waals surface area contributed by atoms with Gasteiger partial charge in [0.15, 0.2) is 17.0 Å².